The number of halogens is 1. The summed E-state index contributed by atoms with van der Waals surface area (Å²) >= 11 is 2.18. The largest absolute Gasteiger partial charge is 0.397 e. The van der Waals surface area contributed by atoms with Gasteiger partial charge in [-0.15, -0.1) is 0 Å². The third-order valence-electron chi connectivity index (χ3n) is 1.50. The van der Waals surface area contributed by atoms with Gasteiger partial charge in [-0.1, -0.05) is 0 Å². The molecule has 2 aromatic rings. The first-order chi connectivity index (χ1) is 4.79. The topological polar surface area (TPSA) is 46.7 Å². The molecule has 0 aromatic carbocycles. The number of aromatic nitrogens is 2. The van der Waals surface area contributed by atoms with Gasteiger partial charge in [-0.3, -0.25) is 2.78 Å². The van der Waals surface area contributed by atoms with Gasteiger partial charge in [0.2, 0.25) is 0 Å². The van der Waals surface area contributed by atoms with Gasteiger partial charge in [-0.25, -0.2) is 0 Å². The average Bonchev–Trinajstić information content (AvgIpc) is 2.39. The molecule has 0 radical (unpaired) electrons. The van der Waals surface area contributed by atoms with Crippen LogP contribution in [0.4, 0.5) is 5.69 Å². The molecule has 0 atom stereocenters. The van der Waals surface area contributed by atoms with Crippen LogP contribution in [-0.4, -0.2) is 7.76 Å². The van der Waals surface area contributed by atoms with Crippen molar-refractivity contribution >= 4 is 39.6 Å². The van der Waals surface area contributed by atoms with Crippen molar-refractivity contribution < 1.29 is 0 Å². The van der Waals surface area contributed by atoms with E-state index in [2.05, 4.69) is 27.8 Å². The van der Waals surface area contributed by atoms with Crippen LogP contribution in [0.2, 0.25) is 0 Å². The zero-order valence-corrected chi connectivity index (χ0v) is 7.29. The summed E-state index contributed by atoms with van der Waals surface area (Å²) in [7, 11) is 0. The minimum Gasteiger partial charge on any atom is -0.397 e. The van der Waals surface area contributed by atoms with E-state index in [-0.39, 0.29) is 0 Å². The van der Waals surface area contributed by atoms with Crippen molar-refractivity contribution in [1.82, 2.24) is 7.76 Å². The van der Waals surface area contributed by atoms with Crippen LogP contribution in [0.3, 0.4) is 0 Å². The summed E-state index contributed by atoms with van der Waals surface area (Å²) in [5, 5.41) is 1.09. The van der Waals surface area contributed by atoms with Crippen LogP contribution in [0.5, 0.6) is 0 Å². The molecule has 0 fully saturated rings. The normalized spacial score (nSPS) is 10.9. The summed E-state index contributed by atoms with van der Waals surface area (Å²) in [6.07, 6.45) is 3.78. The molecule has 2 heterocycles. The first-order valence-electron chi connectivity index (χ1n) is 2.89. The van der Waals surface area contributed by atoms with E-state index in [9.17, 15) is 0 Å². The molecule has 0 aliphatic carbocycles. The van der Waals surface area contributed by atoms with Crippen molar-refractivity contribution in [3.05, 3.63) is 18.5 Å². The van der Waals surface area contributed by atoms with Crippen LogP contribution in [0, 0.1) is 0 Å². The highest BCUT2D eigenvalue weighted by atomic mass is 127. The molecule has 0 amide bonds. The van der Waals surface area contributed by atoms with E-state index in [1.807, 2.05) is 21.2 Å². The second kappa shape index (κ2) is 1.91. The van der Waals surface area contributed by atoms with Gasteiger partial charge in [0.15, 0.2) is 0 Å². The summed E-state index contributed by atoms with van der Waals surface area (Å²) in [6.45, 7) is 0. The second-order valence-electron chi connectivity index (χ2n) is 2.14. The minimum absolute atomic E-state index is 0.825. The van der Waals surface area contributed by atoms with Crippen molar-refractivity contribution in [2.24, 2.45) is 0 Å². The molecule has 3 nitrogen and oxygen atoms in total. The first kappa shape index (κ1) is 6.09. The van der Waals surface area contributed by atoms with Crippen molar-refractivity contribution in [3.8, 4) is 0 Å². The number of nitrogens with zero attached hydrogens (tertiary/aromatic N) is 1. The lowest BCUT2D eigenvalue weighted by molar-refractivity contribution is 1.32. The van der Waals surface area contributed by atoms with E-state index in [0.717, 1.165) is 16.7 Å². The van der Waals surface area contributed by atoms with Gasteiger partial charge in [0.25, 0.3) is 0 Å². The summed E-state index contributed by atoms with van der Waals surface area (Å²) < 4.78 is 1.95. The maximum absolute atomic E-state index is 5.68. The number of hydrogen-bond acceptors (Lipinski definition) is 1. The lowest BCUT2D eigenvalue weighted by Crippen LogP contribution is -1.78. The van der Waals surface area contributed by atoms with Crippen molar-refractivity contribution in [1.29, 1.82) is 0 Å². The first-order valence-corrected chi connectivity index (χ1v) is 3.85. The van der Waals surface area contributed by atoms with Gasteiger partial charge < -0.3 is 10.7 Å². The zero-order valence-electron chi connectivity index (χ0n) is 5.13. The lowest BCUT2D eigenvalue weighted by atomic mass is 10.4. The van der Waals surface area contributed by atoms with Gasteiger partial charge in [-0.05, 0) is 6.07 Å². The molecule has 0 spiro atoms. The fourth-order valence-corrected chi connectivity index (χ4v) is 1.73. The summed E-state index contributed by atoms with van der Waals surface area (Å²) in [6, 6.07) is 1.97. The van der Waals surface area contributed by atoms with Gasteiger partial charge in [0, 0.05) is 17.8 Å². The maximum atomic E-state index is 5.68. The van der Waals surface area contributed by atoms with E-state index in [1.54, 1.807) is 0 Å². The molecular weight excluding hydrogens is 241 g/mol. The Balaban J connectivity index is 2.98. The van der Waals surface area contributed by atoms with Crippen molar-refractivity contribution in [2.75, 3.05) is 5.73 Å². The fourth-order valence-electron chi connectivity index (χ4n) is 1.03. The number of rotatable bonds is 0. The monoisotopic (exact) mass is 247 g/mol. The fraction of sp³-hybridized carbons (Fsp3) is 0. The third-order valence-corrected chi connectivity index (χ3v) is 2.26. The molecule has 3 N–H and O–H groups in total. The molecule has 0 saturated carbocycles. The molecule has 0 saturated heterocycles. The van der Waals surface area contributed by atoms with Gasteiger partial charge in [-0.2, -0.15) is 0 Å². The molecule has 52 valence electrons. The average molecular weight is 247 g/mol. The third kappa shape index (κ3) is 0.650. The Morgan fingerprint density at radius 3 is 3.10 bits per heavy atom. The standard InChI is InChI=1S/C6H6IN3/c7-10-3-5(8)4-1-2-9-6(4)10/h1-3,9H,8H2. The summed E-state index contributed by atoms with van der Waals surface area (Å²) in [5.41, 5.74) is 7.57. The van der Waals surface area contributed by atoms with Crippen LogP contribution >= 0.6 is 22.9 Å². The Kier molecular flexibility index (Phi) is 1.17. The number of nitrogens with two attached hydrogens (primary N) is 1. The number of nitrogens with one attached hydrogen (secondary N) is 1. The molecule has 0 aliphatic rings. The SMILES string of the molecule is Nc1cn(I)c2[nH]ccc12. The van der Waals surface area contributed by atoms with E-state index >= 15 is 0 Å². The molecule has 10 heavy (non-hydrogen) atoms. The van der Waals surface area contributed by atoms with E-state index < -0.39 is 0 Å². The molecule has 0 aliphatic heterocycles. The number of fused-ring (bicyclic) bond motifs is 1. The van der Waals surface area contributed by atoms with Crippen LogP contribution in [0.15, 0.2) is 18.5 Å². The quantitative estimate of drug-likeness (QED) is 0.684. The molecule has 0 unspecified atom stereocenters. The van der Waals surface area contributed by atoms with Crippen LogP contribution in [0.1, 0.15) is 0 Å². The number of anilines is 1. The molecule has 2 aromatic heterocycles. The summed E-state index contributed by atoms with van der Waals surface area (Å²) in [4.78, 5) is 3.08. The van der Waals surface area contributed by atoms with Crippen LogP contribution in [0.25, 0.3) is 11.0 Å². The van der Waals surface area contributed by atoms with Gasteiger partial charge in [0.1, 0.15) is 5.65 Å². The minimum atomic E-state index is 0.825. The smallest absolute Gasteiger partial charge is 0.128 e. The summed E-state index contributed by atoms with van der Waals surface area (Å²) in [5.74, 6) is 0. The Labute approximate surface area is 71.7 Å². The number of H-pyrrole nitrogens is 1. The maximum Gasteiger partial charge on any atom is 0.128 e. The lowest BCUT2D eigenvalue weighted by Gasteiger charge is -1.83. The Hall–Kier alpha value is -0.650. The highest BCUT2D eigenvalue weighted by molar-refractivity contribution is 14.1. The van der Waals surface area contributed by atoms with Crippen LogP contribution in [-0.2, 0) is 0 Å². The molecule has 2 rings (SSSR count). The highest BCUT2D eigenvalue weighted by Crippen LogP contribution is 2.23. The highest BCUT2D eigenvalue weighted by Gasteiger charge is 2.02. The Bertz CT molecular complexity index is 328. The predicted octanol–water partition coefficient (Wildman–Crippen LogP) is 1.75. The Morgan fingerprint density at radius 2 is 2.40 bits per heavy atom. The van der Waals surface area contributed by atoms with E-state index in [0.29, 0.717) is 0 Å². The van der Waals surface area contributed by atoms with Crippen molar-refractivity contribution in [2.45, 2.75) is 0 Å². The predicted molar refractivity (Wildman–Crippen MR) is 50.1 cm³/mol. The van der Waals surface area contributed by atoms with Crippen LogP contribution < -0.4 is 5.73 Å². The van der Waals surface area contributed by atoms with E-state index in [1.165, 1.54) is 0 Å². The molecule has 4 heteroatoms. The molecule has 0 bridgehead atoms. The second-order valence-corrected chi connectivity index (χ2v) is 3.18. The van der Waals surface area contributed by atoms with Gasteiger partial charge >= 0.3 is 0 Å². The number of nitrogen functional groups attached to an aromatic ring is 1. The van der Waals surface area contributed by atoms with Crippen molar-refractivity contribution in [3.63, 3.8) is 0 Å². The van der Waals surface area contributed by atoms with E-state index in [4.69, 9.17) is 5.73 Å². The van der Waals surface area contributed by atoms with Gasteiger partial charge in [0.05, 0.1) is 28.6 Å². The molecular formula is C6H6IN3. The zero-order chi connectivity index (χ0) is 7.14. The number of hydrogen-bond donors (Lipinski definition) is 2. The Morgan fingerprint density at radius 1 is 1.60 bits per heavy atom. The number of aromatic amines is 1.